The molecule has 2 unspecified atom stereocenters. The molecule has 2 atom stereocenters. The average molecular weight is 442 g/mol. The van der Waals surface area contributed by atoms with Crippen LogP contribution in [0.25, 0.3) is 0 Å². The van der Waals surface area contributed by atoms with Crippen LogP contribution in [-0.2, 0) is 24.5 Å². The van der Waals surface area contributed by atoms with Crippen molar-refractivity contribution in [2.45, 2.75) is 69.1 Å². The molecule has 27 heavy (non-hydrogen) atoms. The highest BCUT2D eigenvalue weighted by molar-refractivity contribution is 8.77. The number of Topliss-reactive ketones (excluding diaryl/α,β-unsaturated/α-hetero) is 1. The van der Waals surface area contributed by atoms with Crippen molar-refractivity contribution in [1.29, 1.82) is 0 Å². The van der Waals surface area contributed by atoms with Crippen LogP contribution < -0.4 is 5.32 Å². The lowest BCUT2D eigenvalue weighted by Crippen LogP contribution is -2.41. The van der Waals surface area contributed by atoms with Gasteiger partial charge in [0, 0.05) is 30.3 Å². The molecule has 0 spiro atoms. The third kappa shape index (κ3) is 12.3. The van der Waals surface area contributed by atoms with Crippen LogP contribution >= 0.6 is 21.6 Å². The standard InChI is InChI=1S/C16H27NO7S3/c18-14(5-3-11-27(22,23)24)13(7-8-16(20)21)17-15(19)6-2-1-4-12-9-10-25-26-12/h12-13H,1-11H2,(H,17,19)(H,20,21)(H,22,23,24). The molecule has 1 saturated heterocycles. The van der Waals surface area contributed by atoms with E-state index in [1.807, 2.05) is 21.6 Å². The summed E-state index contributed by atoms with van der Waals surface area (Å²) in [6, 6.07) is -0.947. The molecule has 8 nitrogen and oxygen atoms in total. The largest absolute Gasteiger partial charge is 0.481 e. The first-order chi connectivity index (χ1) is 12.7. The lowest BCUT2D eigenvalue weighted by molar-refractivity contribution is -0.137. The highest BCUT2D eigenvalue weighted by atomic mass is 33.1. The van der Waals surface area contributed by atoms with E-state index in [4.69, 9.17) is 9.66 Å². The molecule has 0 aliphatic carbocycles. The van der Waals surface area contributed by atoms with E-state index in [2.05, 4.69) is 5.32 Å². The second-order valence-electron chi connectivity index (χ2n) is 6.48. The first-order valence-electron chi connectivity index (χ1n) is 8.94. The topological polar surface area (TPSA) is 138 Å². The number of carboxylic acids is 1. The van der Waals surface area contributed by atoms with E-state index >= 15 is 0 Å². The molecular weight excluding hydrogens is 414 g/mol. The maximum atomic E-state index is 12.2. The van der Waals surface area contributed by atoms with Crippen LogP contribution in [-0.4, -0.2) is 58.5 Å². The fraction of sp³-hybridized carbons (Fsp3) is 0.812. The predicted molar refractivity (Wildman–Crippen MR) is 106 cm³/mol. The van der Waals surface area contributed by atoms with Gasteiger partial charge in [-0.3, -0.25) is 18.9 Å². The van der Waals surface area contributed by atoms with E-state index in [0.717, 1.165) is 12.8 Å². The first-order valence-corrected chi connectivity index (χ1v) is 12.9. The summed E-state index contributed by atoms with van der Waals surface area (Å²) in [6.07, 6.45) is 3.61. The first kappa shape index (κ1) is 24.3. The van der Waals surface area contributed by atoms with Crippen LogP contribution in [0.1, 0.15) is 57.8 Å². The molecule has 0 bridgehead atoms. The second kappa shape index (κ2) is 12.6. The molecule has 0 aromatic carbocycles. The molecule has 1 heterocycles. The average Bonchev–Trinajstić information content (AvgIpc) is 3.07. The number of nitrogens with one attached hydrogen (secondary N) is 1. The second-order valence-corrected chi connectivity index (χ2v) is 10.8. The molecule has 11 heteroatoms. The molecule has 1 amide bonds. The van der Waals surface area contributed by atoms with E-state index in [9.17, 15) is 22.8 Å². The van der Waals surface area contributed by atoms with Crippen molar-refractivity contribution < 1.29 is 32.5 Å². The Hall–Kier alpha value is -0.780. The fourth-order valence-corrected chi connectivity index (χ4v) is 6.21. The van der Waals surface area contributed by atoms with Crippen molar-refractivity contribution in [1.82, 2.24) is 5.32 Å². The van der Waals surface area contributed by atoms with Gasteiger partial charge in [-0.25, -0.2) is 0 Å². The van der Waals surface area contributed by atoms with Crippen LogP contribution in [0.4, 0.5) is 0 Å². The minimum absolute atomic E-state index is 0.0400. The summed E-state index contributed by atoms with van der Waals surface area (Å²) in [5.74, 6) is -1.18. The molecule has 0 saturated carbocycles. The molecule has 1 aliphatic rings. The lowest BCUT2D eigenvalue weighted by Gasteiger charge is -2.17. The molecule has 0 aromatic heterocycles. The molecule has 1 aliphatic heterocycles. The molecule has 156 valence electrons. The zero-order valence-electron chi connectivity index (χ0n) is 15.1. The van der Waals surface area contributed by atoms with Crippen LogP contribution in [0.2, 0.25) is 0 Å². The Morgan fingerprint density at radius 3 is 2.44 bits per heavy atom. The third-order valence-electron chi connectivity index (χ3n) is 4.10. The minimum atomic E-state index is -4.15. The smallest absolute Gasteiger partial charge is 0.303 e. The van der Waals surface area contributed by atoms with Crippen molar-refractivity contribution in [3.63, 3.8) is 0 Å². The number of aliphatic carboxylic acids is 1. The maximum Gasteiger partial charge on any atom is 0.303 e. The van der Waals surface area contributed by atoms with E-state index in [0.29, 0.717) is 11.7 Å². The summed E-state index contributed by atoms with van der Waals surface area (Å²) < 4.78 is 30.1. The number of unbranched alkanes of at least 4 members (excludes halogenated alkanes) is 1. The predicted octanol–water partition coefficient (Wildman–Crippen LogP) is 2.29. The quantitative estimate of drug-likeness (QED) is 0.210. The third-order valence-corrected chi connectivity index (χ3v) is 7.91. The van der Waals surface area contributed by atoms with Crippen LogP contribution in [0.5, 0.6) is 0 Å². The molecule has 0 radical (unpaired) electrons. The highest BCUT2D eigenvalue weighted by Crippen LogP contribution is 2.39. The maximum absolute atomic E-state index is 12.2. The van der Waals surface area contributed by atoms with E-state index in [-0.39, 0.29) is 38.0 Å². The fourth-order valence-electron chi connectivity index (χ4n) is 2.67. The Bertz CT molecular complexity index is 603. The summed E-state index contributed by atoms with van der Waals surface area (Å²) in [6.45, 7) is 0. The SMILES string of the molecule is O=C(O)CCC(NC(=O)CCCCC1CCSS1)C(=O)CCCS(=O)(=O)O. The van der Waals surface area contributed by atoms with Gasteiger partial charge in [0.05, 0.1) is 11.8 Å². The van der Waals surface area contributed by atoms with Crippen molar-refractivity contribution >= 4 is 49.4 Å². The van der Waals surface area contributed by atoms with Crippen LogP contribution in [0, 0.1) is 0 Å². The van der Waals surface area contributed by atoms with Crippen molar-refractivity contribution in [3.05, 3.63) is 0 Å². The van der Waals surface area contributed by atoms with Gasteiger partial charge in [0.25, 0.3) is 10.1 Å². The number of hydrogen-bond acceptors (Lipinski definition) is 7. The van der Waals surface area contributed by atoms with Crippen molar-refractivity contribution in [3.8, 4) is 0 Å². The number of ketones is 1. The zero-order chi connectivity index (χ0) is 20.3. The zero-order valence-corrected chi connectivity index (χ0v) is 17.5. The van der Waals surface area contributed by atoms with Gasteiger partial charge in [-0.2, -0.15) is 8.42 Å². The van der Waals surface area contributed by atoms with Gasteiger partial charge >= 0.3 is 5.97 Å². The van der Waals surface area contributed by atoms with Crippen molar-refractivity contribution in [2.24, 2.45) is 0 Å². The monoisotopic (exact) mass is 441 g/mol. The van der Waals surface area contributed by atoms with Gasteiger partial charge in [0.2, 0.25) is 5.91 Å². The Kier molecular flexibility index (Phi) is 11.4. The van der Waals surface area contributed by atoms with Crippen LogP contribution in [0.3, 0.4) is 0 Å². The van der Waals surface area contributed by atoms with Gasteiger partial charge in [-0.1, -0.05) is 28.0 Å². The lowest BCUT2D eigenvalue weighted by atomic mass is 10.0. The normalized spacial score (nSPS) is 18.2. The van der Waals surface area contributed by atoms with E-state index in [1.165, 1.54) is 12.2 Å². The minimum Gasteiger partial charge on any atom is -0.481 e. The molecule has 1 fully saturated rings. The Balaban J connectivity index is 2.38. The van der Waals surface area contributed by atoms with Crippen molar-refractivity contribution in [2.75, 3.05) is 11.5 Å². The summed E-state index contributed by atoms with van der Waals surface area (Å²) in [7, 11) is -0.391. The van der Waals surface area contributed by atoms with Gasteiger partial charge in [-0.05, 0) is 32.1 Å². The van der Waals surface area contributed by atoms with E-state index < -0.39 is 33.7 Å². The molecule has 0 aromatic rings. The van der Waals surface area contributed by atoms with Crippen LogP contribution in [0.15, 0.2) is 0 Å². The van der Waals surface area contributed by atoms with E-state index in [1.54, 1.807) is 0 Å². The summed E-state index contributed by atoms with van der Waals surface area (Å²) >= 11 is 0. The Labute approximate surface area is 167 Å². The number of hydrogen-bond donors (Lipinski definition) is 3. The number of amides is 1. The number of carboxylic acid groups (broad SMARTS) is 1. The molecule has 3 N–H and O–H groups in total. The summed E-state index contributed by atoms with van der Waals surface area (Å²) in [5.41, 5.74) is 0. The highest BCUT2D eigenvalue weighted by Gasteiger charge is 2.22. The van der Waals surface area contributed by atoms with Gasteiger partial charge < -0.3 is 10.4 Å². The Morgan fingerprint density at radius 2 is 1.85 bits per heavy atom. The summed E-state index contributed by atoms with van der Waals surface area (Å²) in [5, 5.41) is 12.0. The molecular formula is C16H27NO7S3. The Morgan fingerprint density at radius 1 is 1.11 bits per heavy atom. The number of carbonyl (C=O) groups is 3. The summed E-state index contributed by atoms with van der Waals surface area (Å²) in [4.78, 5) is 35.0. The molecule has 1 rings (SSSR count). The van der Waals surface area contributed by atoms with Gasteiger partial charge in [-0.15, -0.1) is 0 Å². The number of carbonyl (C=O) groups excluding carboxylic acids is 2. The number of rotatable bonds is 14. The van der Waals surface area contributed by atoms with Gasteiger partial charge in [0.1, 0.15) is 0 Å². The van der Waals surface area contributed by atoms with Gasteiger partial charge in [0.15, 0.2) is 5.78 Å².